The lowest BCUT2D eigenvalue weighted by molar-refractivity contribution is -0.0355. The molecule has 1 atom stereocenters. The summed E-state index contributed by atoms with van der Waals surface area (Å²) in [6.07, 6.45) is 1.87. The van der Waals surface area contributed by atoms with Gasteiger partial charge < -0.3 is 0 Å². The molecule has 6 heteroatoms. The molecule has 0 aromatic rings. The lowest BCUT2D eigenvalue weighted by Crippen LogP contribution is -2.53. The van der Waals surface area contributed by atoms with Gasteiger partial charge in [0, 0.05) is 0 Å². The second kappa shape index (κ2) is 4.69. The highest BCUT2D eigenvalue weighted by Gasteiger charge is 2.24. The smallest absolute Gasteiger partial charge is 0.140 e. The van der Waals surface area contributed by atoms with E-state index < -0.39 is 0 Å². The maximum atomic E-state index is 4.22. The van der Waals surface area contributed by atoms with Gasteiger partial charge in [0.05, 0.1) is 0 Å². The van der Waals surface area contributed by atoms with Crippen LogP contribution >= 0.6 is 12.8 Å². The van der Waals surface area contributed by atoms with Crippen LogP contribution in [0.25, 0.3) is 0 Å². The van der Waals surface area contributed by atoms with E-state index in [4.69, 9.17) is 0 Å². The molecule has 0 spiro atoms. The van der Waals surface area contributed by atoms with Crippen LogP contribution in [0.5, 0.6) is 0 Å². The number of nitrogens with one attached hydrogen (secondary N) is 1. The summed E-state index contributed by atoms with van der Waals surface area (Å²) >= 11 is 4.22. The largest absolute Gasteiger partial charge is 0.286 e. The number of rotatable bonds is 4. The number of hydrazone groups is 1. The third-order valence-electron chi connectivity index (χ3n) is 2.24. The number of hydrogen-bond acceptors (Lipinski definition) is 6. The molecule has 0 fully saturated rings. The highest BCUT2D eigenvalue weighted by Crippen LogP contribution is 2.10. The van der Waals surface area contributed by atoms with Crippen molar-refractivity contribution >= 4 is 19.2 Å². The fourth-order valence-corrected chi connectivity index (χ4v) is 1.64. The van der Waals surface area contributed by atoms with Crippen molar-refractivity contribution in [3.8, 4) is 0 Å². The molecular weight excluding hydrogens is 186 g/mol. The maximum absolute atomic E-state index is 4.22. The quantitative estimate of drug-likeness (QED) is 0.652. The van der Waals surface area contributed by atoms with Crippen LogP contribution in [-0.4, -0.2) is 40.0 Å². The summed E-state index contributed by atoms with van der Waals surface area (Å²) in [5, 5.41) is 5.75. The first-order valence-corrected chi connectivity index (χ1v) is 4.90. The Bertz CT molecular complexity index is 182. The number of hydrogen-bond donors (Lipinski definition) is 2. The number of nitrogens with zero attached hydrogens (tertiary/aromatic N) is 4. The van der Waals surface area contributed by atoms with Gasteiger partial charge in [0.1, 0.15) is 12.5 Å². The van der Waals surface area contributed by atoms with Crippen molar-refractivity contribution in [3.05, 3.63) is 0 Å². The SMILES string of the molecule is CCN(CC)C(C)N1NN=CN1S. The van der Waals surface area contributed by atoms with Crippen LogP contribution in [0.1, 0.15) is 20.8 Å². The van der Waals surface area contributed by atoms with Gasteiger partial charge in [-0.25, -0.2) is 9.95 Å². The van der Waals surface area contributed by atoms with Gasteiger partial charge >= 0.3 is 0 Å². The van der Waals surface area contributed by atoms with E-state index in [0.717, 1.165) is 13.1 Å². The number of thiol groups is 1. The predicted octanol–water partition coefficient (Wildman–Crippen LogP) is 0.499. The van der Waals surface area contributed by atoms with E-state index in [1.54, 1.807) is 10.8 Å². The molecule has 0 saturated heterocycles. The fourth-order valence-electron chi connectivity index (χ4n) is 1.40. The molecule has 1 rings (SSSR count). The van der Waals surface area contributed by atoms with Crippen LogP contribution in [0.2, 0.25) is 0 Å². The minimum atomic E-state index is 0.245. The van der Waals surface area contributed by atoms with Crippen LogP contribution in [0.4, 0.5) is 0 Å². The molecule has 1 heterocycles. The van der Waals surface area contributed by atoms with Crippen LogP contribution in [-0.2, 0) is 0 Å². The Kier molecular flexibility index (Phi) is 3.83. The Morgan fingerprint density at radius 2 is 2.15 bits per heavy atom. The van der Waals surface area contributed by atoms with Gasteiger partial charge in [-0.3, -0.25) is 4.90 Å². The summed E-state index contributed by atoms with van der Waals surface area (Å²) in [6, 6.07) is 0. The molecule has 0 aromatic heterocycles. The highest BCUT2D eigenvalue weighted by molar-refractivity contribution is 7.78. The third kappa shape index (κ3) is 2.26. The van der Waals surface area contributed by atoms with Crippen molar-refractivity contribution in [3.63, 3.8) is 0 Å². The molecule has 1 N–H and O–H groups in total. The molecule has 0 saturated carbocycles. The zero-order valence-corrected chi connectivity index (χ0v) is 9.20. The van der Waals surface area contributed by atoms with E-state index in [-0.39, 0.29) is 6.17 Å². The van der Waals surface area contributed by atoms with Crippen LogP contribution in [0.3, 0.4) is 0 Å². The van der Waals surface area contributed by atoms with E-state index >= 15 is 0 Å². The molecule has 1 unspecified atom stereocenters. The van der Waals surface area contributed by atoms with Gasteiger partial charge in [0.25, 0.3) is 0 Å². The number of hydrazine groups is 2. The standard InChI is InChI=1S/C7H17N5S/c1-4-10(5-2)7(3)12-9-8-6-11(12)13/h6-7,9,13H,4-5H2,1-3H3. The van der Waals surface area contributed by atoms with Crippen molar-refractivity contribution in [1.29, 1.82) is 0 Å². The first-order chi connectivity index (χ1) is 6.20. The van der Waals surface area contributed by atoms with E-state index in [1.807, 2.05) is 5.12 Å². The van der Waals surface area contributed by atoms with Gasteiger partial charge in [-0.05, 0) is 32.8 Å². The van der Waals surface area contributed by atoms with Crippen molar-refractivity contribution in [1.82, 2.24) is 20.0 Å². The highest BCUT2D eigenvalue weighted by atomic mass is 32.1. The minimum absolute atomic E-state index is 0.245. The summed E-state index contributed by atoms with van der Waals surface area (Å²) in [4.78, 5) is 2.30. The molecule has 0 amide bonds. The minimum Gasteiger partial charge on any atom is -0.286 e. The predicted molar refractivity (Wildman–Crippen MR) is 56.7 cm³/mol. The molecule has 1 aliphatic heterocycles. The molecule has 0 aliphatic carbocycles. The monoisotopic (exact) mass is 203 g/mol. The van der Waals surface area contributed by atoms with Crippen LogP contribution < -0.4 is 5.53 Å². The molecule has 0 radical (unpaired) electrons. The summed E-state index contributed by atoms with van der Waals surface area (Å²) < 4.78 is 1.64. The van der Waals surface area contributed by atoms with E-state index in [0.29, 0.717) is 0 Å². The topological polar surface area (TPSA) is 34.1 Å². The van der Waals surface area contributed by atoms with Crippen molar-refractivity contribution in [2.24, 2.45) is 5.10 Å². The zero-order chi connectivity index (χ0) is 9.84. The van der Waals surface area contributed by atoms with Crippen molar-refractivity contribution in [2.75, 3.05) is 13.1 Å². The summed E-state index contributed by atoms with van der Waals surface area (Å²) in [5.74, 6) is 0. The Labute approximate surface area is 84.8 Å². The molecule has 1 aliphatic rings. The van der Waals surface area contributed by atoms with E-state index in [2.05, 4.69) is 49.1 Å². The van der Waals surface area contributed by atoms with E-state index in [1.165, 1.54) is 0 Å². The Morgan fingerprint density at radius 3 is 2.54 bits per heavy atom. The molecular formula is C7H17N5S. The summed E-state index contributed by atoms with van der Waals surface area (Å²) in [6.45, 7) is 8.41. The Hall–Kier alpha value is -0.460. The Balaban J connectivity index is 2.51. The molecule has 0 aromatic carbocycles. The average molecular weight is 203 g/mol. The third-order valence-corrected chi connectivity index (χ3v) is 2.53. The normalized spacial score (nSPS) is 19.6. The molecule has 0 bridgehead atoms. The molecule has 76 valence electrons. The van der Waals surface area contributed by atoms with Gasteiger partial charge in [-0.2, -0.15) is 5.10 Å². The summed E-state index contributed by atoms with van der Waals surface area (Å²) in [7, 11) is 0. The van der Waals surface area contributed by atoms with Crippen LogP contribution in [0.15, 0.2) is 5.10 Å². The van der Waals surface area contributed by atoms with Gasteiger partial charge in [-0.1, -0.05) is 19.0 Å². The fraction of sp³-hybridized carbons (Fsp3) is 0.857. The molecule has 13 heavy (non-hydrogen) atoms. The first kappa shape index (κ1) is 10.6. The second-order valence-corrected chi connectivity index (χ2v) is 3.27. The maximum Gasteiger partial charge on any atom is 0.140 e. The Morgan fingerprint density at radius 1 is 1.54 bits per heavy atom. The van der Waals surface area contributed by atoms with Crippen molar-refractivity contribution in [2.45, 2.75) is 26.9 Å². The second-order valence-electron chi connectivity index (χ2n) is 2.86. The summed E-state index contributed by atoms with van der Waals surface area (Å²) in [5.41, 5.74) is 2.87. The lowest BCUT2D eigenvalue weighted by atomic mass is 10.4. The van der Waals surface area contributed by atoms with Gasteiger partial charge in [0.2, 0.25) is 0 Å². The lowest BCUT2D eigenvalue weighted by Gasteiger charge is -2.35. The van der Waals surface area contributed by atoms with Crippen molar-refractivity contribution < 1.29 is 0 Å². The van der Waals surface area contributed by atoms with Gasteiger partial charge in [0.15, 0.2) is 0 Å². The first-order valence-electron chi connectivity index (χ1n) is 4.50. The molecule has 5 nitrogen and oxygen atoms in total. The van der Waals surface area contributed by atoms with Gasteiger partial charge in [-0.15, -0.1) is 0 Å². The van der Waals surface area contributed by atoms with Crippen LogP contribution in [0, 0.1) is 0 Å². The zero-order valence-electron chi connectivity index (χ0n) is 8.30. The average Bonchev–Trinajstić information content (AvgIpc) is 2.53. The van der Waals surface area contributed by atoms with E-state index in [9.17, 15) is 0 Å².